The van der Waals surface area contributed by atoms with E-state index in [4.69, 9.17) is 21.1 Å². The number of carbonyl (C=O) groups is 2. The maximum Gasteiger partial charge on any atom is 0.306 e. The third-order valence-electron chi connectivity index (χ3n) is 6.85. The lowest BCUT2D eigenvalue weighted by Crippen LogP contribution is -2.20. The fraction of sp³-hybridized carbons (Fsp3) is 0.310. The van der Waals surface area contributed by atoms with Crippen molar-refractivity contribution in [3.8, 4) is 5.75 Å². The summed E-state index contributed by atoms with van der Waals surface area (Å²) in [5.74, 6) is 0.0508. The van der Waals surface area contributed by atoms with Gasteiger partial charge in [-0.2, -0.15) is 0 Å². The molecule has 0 aromatic heterocycles. The summed E-state index contributed by atoms with van der Waals surface area (Å²) < 4.78 is 11.1. The summed E-state index contributed by atoms with van der Waals surface area (Å²) in [6, 6.07) is 22.7. The molecular formula is C29H29ClO4. The molecule has 4 rings (SSSR count). The number of fused-ring (bicyclic) bond motifs is 1. The van der Waals surface area contributed by atoms with Crippen molar-refractivity contribution >= 4 is 23.4 Å². The zero-order chi connectivity index (χ0) is 24.2. The molecule has 0 saturated heterocycles. The zero-order valence-electron chi connectivity index (χ0n) is 19.7. The van der Waals surface area contributed by atoms with E-state index < -0.39 is 0 Å². The van der Waals surface area contributed by atoms with Gasteiger partial charge < -0.3 is 9.47 Å². The highest BCUT2D eigenvalue weighted by atomic mass is 35.5. The van der Waals surface area contributed by atoms with Crippen molar-refractivity contribution in [2.75, 3.05) is 13.7 Å². The molecule has 0 N–H and O–H groups in total. The van der Waals surface area contributed by atoms with Crippen LogP contribution < -0.4 is 4.74 Å². The molecule has 5 heteroatoms. The molecule has 3 aromatic rings. The van der Waals surface area contributed by atoms with Crippen LogP contribution in [0.25, 0.3) is 0 Å². The molecule has 0 spiro atoms. The first-order chi connectivity index (χ1) is 16.4. The van der Waals surface area contributed by atoms with Crippen molar-refractivity contribution in [2.45, 2.75) is 38.0 Å². The van der Waals surface area contributed by atoms with Crippen molar-refractivity contribution in [1.29, 1.82) is 0 Å². The van der Waals surface area contributed by atoms with Crippen LogP contribution in [0.4, 0.5) is 0 Å². The van der Waals surface area contributed by atoms with Gasteiger partial charge >= 0.3 is 5.97 Å². The maximum atomic E-state index is 13.5. The minimum Gasteiger partial charge on any atom is -0.497 e. The van der Waals surface area contributed by atoms with Gasteiger partial charge in [-0.15, -0.1) is 0 Å². The number of hydrogen-bond donors (Lipinski definition) is 0. The Morgan fingerprint density at radius 2 is 1.68 bits per heavy atom. The van der Waals surface area contributed by atoms with Gasteiger partial charge in [0.25, 0.3) is 0 Å². The van der Waals surface area contributed by atoms with E-state index in [-0.39, 0.29) is 41.8 Å². The van der Waals surface area contributed by atoms with Crippen LogP contribution >= 0.6 is 11.6 Å². The largest absolute Gasteiger partial charge is 0.497 e. The average Bonchev–Trinajstić information content (AvgIpc) is 3.13. The summed E-state index contributed by atoms with van der Waals surface area (Å²) in [5.41, 5.74) is 3.67. The number of Topliss-reactive ketones (excluding diaryl/α,β-unsaturated/α-hetero) is 1. The molecule has 4 nitrogen and oxygen atoms in total. The summed E-state index contributed by atoms with van der Waals surface area (Å²) >= 11 is 6.01. The van der Waals surface area contributed by atoms with E-state index in [1.54, 1.807) is 31.4 Å². The maximum absolute atomic E-state index is 13.5. The summed E-state index contributed by atoms with van der Waals surface area (Å²) in [5, 5.41) is 0.589. The van der Waals surface area contributed by atoms with Crippen LogP contribution in [0.15, 0.2) is 72.8 Å². The summed E-state index contributed by atoms with van der Waals surface area (Å²) in [7, 11) is 1.62. The smallest absolute Gasteiger partial charge is 0.306 e. The number of carbonyl (C=O) groups excluding carboxylic acids is 2. The Hall–Kier alpha value is -3.11. The molecule has 0 saturated carbocycles. The number of hydrogen-bond acceptors (Lipinski definition) is 4. The molecule has 176 valence electrons. The highest BCUT2D eigenvalue weighted by Crippen LogP contribution is 2.50. The molecule has 1 aliphatic rings. The van der Waals surface area contributed by atoms with Crippen LogP contribution in [-0.4, -0.2) is 25.5 Å². The van der Waals surface area contributed by atoms with E-state index >= 15 is 0 Å². The second kappa shape index (κ2) is 10.4. The van der Waals surface area contributed by atoms with E-state index in [9.17, 15) is 9.59 Å². The number of methoxy groups -OCH3 is 1. The number of rotatable bonds is 8. The first-order valence-electron chi connectivity index (χ1n) is 11.6. The van der Waals surface area contributed by atoms with E-state index in [0.29, 0.717) is 22.9 Å². The van der Waals surface area contributed by atoms with Crippen LogP contribution in [0.1, 0.15) is 65.1 Å². The van der Waals surface area contributed by atoms with Crippen LogP contribution in [0.2, 0.25) is 5.02 Å². The van der Waals surface area contributed by atoms with Gasteiger partial charge in [0.15, 0.2) is 5.78 Å². The lowest BCUT2D eigenvalue weighted by atomic mass is 9.82. The quantitative estimate of drug-likeness (QED) is 0.265. The van der Waals surface area contributed by atoms with Gasteiger partial charge in [0.05, 0.1) is 26.1 Å². The Labute approximate surface area is 205 Å². The molecule has 4 unspecified atom stereocenters. The van der Waals surface area contributed by atoms with Gasteiger partial charge in [-0.25, -0.2) is 0 Å². The molecule has 0 aliphatic heterocycles. The summed E-state index contributed by atoms with van der Waals surface area (Å²) in [4.78, 5) is 26.4. The Bertz CT molecular complexity index is 1160. The molecule has 0 bridgehead atoms. The van der Waals surface area contributed by atoms with Crippen LogP contribution in [0.3, 0.4) is 0 Å². The zero-order valence-corrected chi connectivity index (χ0v) is 20.4. The van der Waals surface area contributed by atoms with Crippen molar-refractivity contribution in [1.82, 2.24) is 0 Å². The molecule has 34 heavy (non-hydrogen) atoms. The highest BCUT2D eigenvalue weighted by molar-refractivity contribution is 6.30. The normalized spacial score (nSPS) is 19.8. The van der Waals surface area contributed by atoms with Gasteiger partial charge in [-0.1, -0.05) is 61.8 Å². The SMILES string of the molecule is COc1ccc2c(c1)C(CC(=O)OCC(C)c1ccccc1)C(C)C2C(=O)c1ccc(Cl)cc1. The predicted octanol–water partition coefficient (Wildman–Crippen LogP) is 6.79. The number of benzene rings is 3. The topological polar surface area (TPSA) is 52.6 Å². The number of ketones is 1. The first-order valence-corrected chi connectivity index (χ1v) is 11.9. The molecule has 0 fully saturated rings. The van der Waals surface area contributed by atoms with Gasteiger partial charge in [0.1, 0.15) is 5.75 Å². The predicted molar refractivity (Wildman–Crippen MR) is 134 cm³/mol. The molecule has 1 aliphatic carbocycles. The highest BCUT2D eigenvalue weighted by Gasteiger charge is 2.43. The summed E-state index contributed by atoms with van der Waals surface area (Å²) in [6.07, 6.45) is 0.216. The number of esters is 1. The Kier molecular flexibility index (Phi) is 7.38. The molecule has 0 amide bonds. The standard InChI is InChI=1S/C29H29ClO4/c1-18(20-7-5-4-6-8-20)17-34-27(31)16-25-19(2)28(24-14-13-23(33-3)15-26(24)25)29(32)21-9-11-22(30)12-10-21/h4-15,18-19,25,28H,16-17H2,1-3H3. The van der Waals surface area contributed by atoms with Crippen LogP contribution in [0.5, 0.6) is 5.75 Å². The Morgan fingerprint density at radius 3 is 2.35 bits per heavy atom. The van der Waals surface area contributed by atoms with Gasteiger partial charge in [-0.3, -0.25) is 9.59 Å². The fourth-order valence-electron chi connectivity index (χ4n) is 4.89. The lowest BCUT2D eigenvalue weighted by Gasteiger charge is -2.21. The van der Waals surface area contributed by atoms with E-state index in [1.807, 2.05) is 62.4 Å². The third-order valence-corrected chi connectivity index (χ3v) is 7.10. The second-order valence-corrected chi connectivity index (χ2v) is 9.44. The molecule has 0 heterocycles. The third kappa shape index (κ3) is 5.02. The van der Waals surface area contributed by atoms with Crippen molar-refractivity contribution in [3.05, 3.63) is 100 Å². The van der Waals surface area contributed by atoms with Crippen molar-refractivity contribution in [3.63, 3.8) is 0 Å². The van der Waals surface area contributed by atoms with Gasteiger partial charge in [0.2, 0.25) is 0 Å². The van der Waals surface area contributed by atoms with E-state index in [0.717, 1.165) is 16.7 Å². The number of ether oxygens (including phenoxy) is 2. The molecular weight excluding hydrogens is 448 g/mol. The van der Waals surface area contributed by atoms with Gasteiger partial charge in [-0.05, 0) is 64.9 Å². The molecule has 3 aromatic carbocycles. The van der Waals surface area contributed by atoms with Crippen molar-refractivity contribution in [2.24, 2.45) is 5.92 Å². The summed E-state index contributed by atoms with van der Waals surface area (Å²) in [6.45, 7) is 4.40. The van der Waals surface area contributed by atoms with Crippen molar-refractivity contribution < 1.29 is 19.1 Å². The van der Waals surface area contributed by atoms with Crippen LogP contribution in [-0.2, 0) is 9.53 Å². The fourth-order valence-corrected chi connectivity index (χ4v) is 5.01. The average molecular weight is 477 g/mol. The monoisotopic (exact) mass is 476 g/mol. The number of halogens is 1. The molecule has 4 atom stereocenters. The molecule has 0 radical (unpaired) electrons. The van der Waals surface area contributed by atoms with Crippen LogP contribution in [0, 0.1) is 5.92 Å². The minimum atomic E-state index is -0.344. The first kappa shape index (κ1) is 24.0. The lowest BCUT2D eigenvalue weighted by molar-refractivity contribution is -0.144. The van der Waals surface area contributed by atoms with Gasteiger partial charge in [0, 0.05) is 16.5 Å². The second-order valence-electron chi connectivity index (χ2n) is 9.01. The Morgan fingerprint density at radius 1 is 0.971 bits per heavy atom. The minimum absolute atomic E-state index is 0.0316. The van der Waals surface area contributed by atoms with E-state index in [1.165, 1.54) is 0 Å². The van der Waals surface area contributed by atoms with E-state index in [2.05, 4.69) is 0 Å². The Balaban J connectivity index is 1.53.